The van der Waals surface area contributed by atoms with E-state index >= 15 is 0 Å². The summed E-state index contributed by atoms with van der Waals surface area (Å²) in [5.74, 6) is 0. The lowest BCUT2D eigenvalue weighted by molar-refractivity contribution is 0.899. The zero-order chi connectivity index (χ0) is 10.0. The second kappa shape index (κ2) is 4.07. The smallest absolute Gasteiger partial charge is 0.0481 e. The molecule has 1 aromatic rings. The van der Waals surface area contributed by atoms with E-state index in [1.54, 1.807) is 6.08 Å². The zero-order valence-electron chi connectivity index (χ0n) is 7.97. The molecule has 0 heterocycles. The molecule has 0 spiro atoms. The highest BCUT2D eigenvalue weighted by Crippen LogP contribution is 2.24. The number of halogens is 1. The lowest BCUT2D eigenvalue weighted by atomic mass is 10.00. The van der Waals surface area contributed by atoms with Gasteiger partial charge in [-0.3, -0.25) is 0 Å². The molecule has 1 rings (SSSR count). The molecule has 0 aliphatic carbocycles. The van der Waals surface area contributed by atoms with Gasteiger partial charge in [-0.05, 0) is 36.6 Å². The number of rotatable bonds is 2. The Morgan fingerprint density at radius 1 is 1.38 bits per heavy atom. The SMILES string of the molecule is C=C[C@H](N)c1cc(C)c(Br)cc1C. The van der Waals surface area contributed by atoms with Gasteiger partial charge in [-0.15, -0.1) is 6.58 Å². The number of aryl methyl sites for hydroxylation is 2. The second-order valence-electron chi connectivity index (χ2n) is 3.22. The minimum atomic E-state index is -0.0631. The van der Waals surface area contributed by atoms with E-state index in [1.165, 1.54) is 11.1 Å². The molecule has 70 valence electrons. The van der Waals surface area contributed by atoms with Crippen LogP contribution in [0.25, 0.3) is 0 Å². The first kappa shape index (κ1) is 10.5. The minimum absolute atomic E-state index is 0.0631. The molecule has 0 bridgehead atoms. The fourth-order valence-electron chi connectivity index (χ4n) is 1.29. The van der Waals surface area contributed by atoms with Crippen molar-refractivity contribution in [2.24, 2.45) is 5.73 Å². The predicted octanol–water partition coefficient (Wildman–Crippen LogP) is 3.25. The fraction of sp³-hybridized carbons (Fsp3) is 0.273. The van der Waals surface area contributed by atoms with Crippen molar-refractivity contribution in [1.82, 2.24) is 0 Å². The van der Waals surface area contributed by atoms with Gasteiger partial charge in [-0.2, -0.15) is 0 Å². The van der Waals surface area contributed by atoms with Gasteiger partial charge in [-0.25, -0.2) is 0 Å². The molecule has 0 saturated heterocycles. The van der Waals surface area contributed by atoms with Gasteiger partial charge in [0.15, 0.2) is 0 Å². The summed E-state index contributed by atoms with van der Waals surface area (Å²) in [5.41, 5.74) is 9.43. The Bertz CT molecular complexity index is 331. The molecule has 0 amide bonds. The monoisotopic (exact) mass is 239 g/mol. The molecule has 0 saturated carbocycles. The normalized spacial score (nSPS) is 12.6. The molecule has 2 heteroatoms. The number of hydrogen-bond acceptors (Lipinski definition) is 1. The topological polar surface area (TPSA) is 26.0 Å². The first-order valence-corrected chi connectivity index (χ1v) is 5.00. The van der Waals surface area contributed by atoms with Gasteiger partial charge in [0.2, 0.25) is 0 Å². The maximum absolute atomic E-state index is 5.88. The third-order valence-electron chi connectivity index (χ3n) is 2.16. The van der Waals surface area contributed by atoms with E-state index in [0.717, 1.165) is 10.0 Å². The van der Waals surface area contributed by atoms with E-state index in [4.69, 9.17) is 5.73 Å². The number of benzene rings is 1. The average Bonchev–Trinajstić information content (AvgIpc) is 2.10. The van der Waals surface area contributed by atoms with Gasteiger partial charge in [-0.1, -0.05) is 28.1 Å². The third kappa shape index (κ3) is 2.20. The van der Waals surface area contributed by atoms with Gasteiger partial charge in [0, 0.05) is 10.5 Å². The molecule has 0 aliphatic rings. The molecule has 0 aliphatic heterocycles. The van der Waals surface area contributed by atoms with Crippen molar-refractivity contribution < 1.29 is 0 Å². The summed E-state index contributed by atoms with van der Waals surface area (Å²) in [6.07, 6.45) is 1.76. The highest BCUT2D eigenvalue weighted by molar-refractivity contribution is 9.10. The first-order chi connectivity index (χ1) is 6.06. The minimum Gasteiger partial charge on any atom is -0.321 e. The molecule has 1 aromatic carbocycles. The largest absolute Gasteiger partial charge is 0.321 e. The van der Waals surface area contributed by atoms with Crippen LogP contribution in [-0.2, 0) is 0 Å². The van der Waals surface area contributed by atoms with Crippen LogP contribution in [0.1, 0.15) is 22.7 Å². The van der Waals surface area contributed by atoms with E-state index in [1.807, 2.05) is 0 Å². The molecule has 0 aromatic heterocycles. The lowest BCUT2D eigenvalue weighted by Gasteiger charge is -2.12. The van der Waals surface area contributed by atoms with E-state index in [0.29, 0.717) is 0 Å². The van der Waals surface area contributed by atoms with Crippen LogP contribution in [0.15, 0.2) is 29.3 Å². The van der Waals surface area contributed by atoms with E-state index in [2.05, 4.69) is 48.5 Å². The van der Waals surface area contributed by atoms with Gasteiger partial charge in [0.1, 0.15) is 0 Å². The number of hydrogen-bond donors (Lipinski definition) is 1. The summed E-state index contributed by atoms with van der Waals surface area (Å²) in [7, 11) is 0. The average molecular weight is 240 g/mol. The van der Waals surface area contributed by atoms with Crippen molar-refractivity contribution in [2.45, 2.75) is 19.9 Å². The molecule has 13 heavy (non-hydrogen) atoms. The molecule has 0 radical (unpaired) electrons. The lowest BCUT2D eigenvalue weighted by Crippen LogP contribution is -2.08. The van der Waals surface area contributed by atoms with Crippen molar-refractivity contribution >= 4 is 15.9 Å². The van der Waals surface area contributed by atoms with Crippen molar-refractivity contribution in [3.8, 4) is 0 Å². The number of nitrogens with two attached hydrogens (primary N) is 1. The van der Waals surface area contributed by atoms with Gasteiger partial charge >= 0.3 is 0 Å². The second-order valence-corrected chi connectivity index (χ2v) is 4.07. The first-order valence-electron chi connectivity index (χ1n) is 4.21. The molecule has 2 N–H and O–H groups in total. The van der Waals surface area contributed by atoms with Crippen LogP contribution in [-0.4, -0.2) is 0 Å². The highest BCUT2D eigenvalue weighted by atomic mass is 79.9. The van der Waals surface area contributed by atoms with Crippen LogP contribution in [0.5, 0.6) is 0 Å². The van der Waals surface area contributed by atoms with E-state index < -0.39 is 0 Å². The molecule has 1 atom stereocenters. The van der Waals surface area contributed by atoms with Gasteiger partial charge in [0.25, 0.3) is 0 Å². The third-order valence-corrected chi connectivity index (χ3v) is 3.01. The zero-order valence-corrected chi connectivity index (χ0v) is 9.56. The van der Waals surface area contributed by atoms with Gasteiger partial charge < -0.3 is 5.73 Å². The predicted molar refractivity (Wildman–Crippen MR) is 60.7 cm³/mol. The standard InChI is InChI=1S/C11H14BrN/c1-4-11(13)9-5-8(3)10(12)6-7(9)2/h4-6,11H,1,13H2,2-3H3/t11-/m0/s1. The molecular formula is C11H14BrN. The summed E-state index contributed by atoms with van der Waals surface area (Å²) in [6, 6.07) is 4.13. The Hall–Kier alpha value is -0.600. The van der Waals surface area contributed by atoms with Crippen LogP contribution in [0.3, 0.4) is 0 Å². The maximum Gasteiger partial charge on any atom is 0.0481 e. The molecule has 1 nitrogen and oxygen atoms in total. The summed E-state index contributed by atoms with van der Waals surface area (Å²) in [4.78, 5) is 0. The van der Waals surface area contributed by atoms with Crippen LogP contribution in [0.2, 0.25) is 0 Å². The quantitative estimate of drug-likeness (QED) is 0.789. The van der Waals surface area contributed by atoms with E-state index in [-0.39, 0.29) is 6.04 Å². The fourth-order valence-corrected chi connectivity index (χ4v) is 1.75. The van der Waals surface area contributed by atoms with Crippen LogP contribution in [0, 0.1) is 13.8 Å². The van der Waals surface area contributed by atoms with Crippen molar-refractivity contribution in [3.63, 3.8) is 0 Å². The molecule has 0 unspecified atom stereocenters. The van der Waals surface area contributed by atoms with Crippen molar-refractivity contribution in [1.29, 1.82) is 0 Å². The Balaban J connectivity index is 3.22. The Labute approximate surface area is 87.8 Å². The maximum atomic E-state index is 5.88. The summed E-state index contributed by atoms with van der Waals surface area (Å²) in [5, 5.41) is 0. The van der Waals surface area contributed by atoms with Gasteiger partial charge in [0.05, 0.1) is 0 Å². The summed E-state index contributed by atoms with van der Waals surface area (Å²) < 4.78 is 1.13. The molecule has 0 fully saturated rings. The summed E-state index contributed by atoms with van der Waals surface area (Å²) >= 11 is 3.48. The van der Waals surface area contributed by atoms with Crippen LogP contribution in [0.4, 0.5) is 0 Å². The summed E-state index contributed by atoms with van der Waals surface area (Å²) in [6.45, 7) is 7.81. The Morgan fingerprint density at radius 2 is 2.00 bits per heavy atom. The van der Waals surface area contributed by atoms with Crippen molar-refractivity contribution in [3.05, 3.63) is 46.0 Å². The molecular weight excluding hydrogens is 226 g/mol. The van der Waals surface area contributed by atoms with Crippen molar-refractivity contribution in [2.75, 3.05) is 0 Å². The Morgan fingerprint density at radius 3 is 2.54 bits per heavy atom. The van der Waals surface area contributed by atoms with Crippen LogP contribution < -0.4 is 5.73 Å². The Kier molecular flexibility index (Phi) is 3.28. The highest BCUT2D eigenvalue weighted by Gasteiger charge is 2.07. The van der Waals surface area contributed by atoms with E-state index in [9.17, 15) is 0 Å². The van der Waals surface area contributed by atoms with Crippen LogP contribution >= 0.6 is 15.9 Å².